The van der Waals surface area contributed by atoms with Crippen molar-refractivity contribution in [3.05, 3.63) is 29.8 Å². The Labute approximate surface area is 144 Å². The fourth-order valence-electron chi connectivity index (χ4n) is 3.58. The number of benzene rings is 1. The summed E-state index contributed by atoms with van der Waals surface area (Å²) < 4.78 is 11.3. The van der Waals surface area contributed by atoms with Gasteiger partial charge in [-0.25, -0.2) is 0 Å². The van der Waals surface area contributed by atoms with Gasteiger partial charge in [0.1, 0.15) is 12.4 Å². The Morgan fingerprint density at radius 2 is 2.08 bits per heavy atom. The van der Waals surface area contributed by atoms with Crippen LogP contribution in [0.4, 0.5) is 0 Å². The molecule has 3 rings (SSSR count). The summed E-state index contributed by atoms with van der Waals surface area (Å²) in [5.41, 5.74) is 6.77. The van der Waals surface area contributed by atoms with Crippen LogP contribution in [0.5, 0.6) is 5.75 Å². The molecule has 2 fully saturated rings. The molecule has 132 valence electrons. The number of nitrogens with two attached hydrogens (primary N) is 1. The van der Waals surface area contributed by atoms with Crippen LogP contribution in [-0.2, 0) is 4.74 Å². The van der Waals surface area contributed by atoms with Gasteiger partial charge in [0.05, 0.1) is 6.10 Å². The van der Waals surface area contributed by atoms with Gasteiger partial charge in [-0.05, 0) is 63.3 Å². The lowest BCUT2D eigenvalue weighted by Gasteiger charge is -2.38. The summed E-state index contributed by atoms with van der Waals surface area (Å²) in [6.07, 6.45) is 5.56. The Balaban J connectivity index is 1.60. The number of ether oxygens (including phenoxy) is 2. The van der Waals surface area contributed by atoms with E-state index in [1.807, 2.05) is 36.1 Å². The van der Waals surface area contributed by atoms with Crippen molar-refractivity contribution >= 4 is 5.91 Å². The first-order valence-corrected chi connectivity index (χ1v) is 9.06. The summed E-state index contributed by atoms with van der Waals surface area (Å²) in [7, 11) is 0. The molecular formula is C19H28N2O3. The molecular weight excluding hydrogens is 304 g/mol. The number of rotatable bonds is 5. The molecule has 0 aliphatic carbocycles. The van der Waals surface area contributed by atoms with Gasteiger partial charge in [0, 0.05) is 30.8 Å². The number of carbonyl (C=O) groups excluding carboxylic acids is 1. The van der Waals surface area contributed by atoms with E-state index in [1.54, 1.807) is 0 Å². The van der Waals surface area contributed by atoms with Gasteiger partial charge in [-0.1, -0.05) is 0 Å². The van der Waals surface area contributed by atoms with Gasteiger partial charge in [0.2, 0.25) is 0 Å². The zero-order valence-electron chi connectivity index (χ0n) is 14.4. The summed E-state index contributed by atoms with van der Waals surface area (Å²) >= 11 is 0. The Hall–Kier alpha value is -1.59. The highest BCUT2D eigenvalue weighted by Crippen LogP contribution is 2.23. The van der Waals surface area contributed by atoms with E-state index in [-0.39, 0.29) is 24.1 Å². The molecule has 2 aliphatic rings. The first-order chi connectivity index (χ1) is 11.6. The Kier molecular flexibility index (Phi) is 5.74. The molecule has 2 heterocycles. The summed E-state index contributed by atoms with van der Waals surface area (Å²) in [6, 6.07) is 7.57. The van der Waals surface area contributed by atoms with Crippen molar-refractivity contribution in [2.24, 2.45) is 5.73 Å². The molecule has 0 spiro atoms. The average Bonchev–Trinajstić information content (AvgIpc) is 3.13. The first kappa shape index (κ1) is 17.2. The van der Waals surface area contributed by atoms with Gasteiger partial charge >= 0.3 is 0 Å². The second-order valence-corrected chi connectivity index (χ2v) is 6.89. The molecule has 5 heteroatoms. The smallest absolute Gasteiger partial charge is 0.254 e. The fourth-order valence-corrected chi connectivity index (χ4v) is 3.58. The maximum Gasteiger partial charge on any atom is 0.254 e. The van der Waals surface area contributed by atoms with Crippen molar-refractivity contribution in [3.63, 3.8) is 0 Å². The number of hydrogen-bond donors (Lipinski definition) is 1. The topological polar surface area (TPSA) is 64.8 Å². The van der Waals surface area contributed by atoms with E-state index >= 15 is 0 Å². The molecule has 0 aromatic heterocycles. The number of carbonyl (C=O) groups is 1. The molecule has 0 bridgehead atoms. The maximum atomic E-state index is 12.8. The van der Waals surface area contributed by atoms with Gasteiger partial charge < -0.3 is 20.1 Å². The zero-order valence-corrected chi connectivity index (χ0v) is 14.4. The lowest BCUT2D eigenvalue weighted by Crippen LogP contribution is -2.51. The van der Waals surface area contributed by atoms with Crippen molar-refractivity contribution in [2.75, 3.05) is 19.8 Å². The van der Waals surface area contributed by atoms with Crippen LogP contribution in [0.3, 0.4) is 0 Å². The normalized spacial score (nSPS) is 25.5. The predicted molar refractivity (Wildman–Crippen MR) is 93.2 cm³/mol. The van der Waals surface area contributed by atoms with Crippen molar-refractivity contribution in [3.8, 4) is 5.75 Å². The molecule has 1 aromatic carbocycles. The van der Waals surface area contributed by atoms with E-state index in [9.17, 15) is 4.79 Å². The van der Waals surface area contributed by atoms with Crippen LogP contribution in [-0.4, -0.2) is 48.8 Å². The van der Waals surface area contributed by atoms with Crippen molar-refractivity contribution in [1.29, 1.82) is 0 Å². The fraction of sp³-hybridized carbons (Fsp3) is 0.632. The summed E-state index contributed by atoms with van der Waals surface area (Å²) in [5.74, 6) is 0.854. The third-order valence-corrected chi connectivity index (χ3v) is 4.98. The van der Waals surface area contributed by atoms with Crippen LogP contribution in [0.25, 0.3) is 0 Å². The van der Waals surface area contributed by atoms with E-state index in [2.05, 4.69) is 0 Å². The predicted octanol–water partition coefficient (Wildman–Crippen LogP) is 2.59. The monoisotopic (exact) mass is 332 g/mol. The van der Waals surface area contributed by atoms with Gasteiger partial charge in [0.15, 0.2) is 0 Å². The van der Waals surface area contributed by atoms with Crippen LogP contribution in [0.1, 0.15) is 49.4 Å². The molecule has 0 radical (unpaired) electrons. The van der Waals surface area contributed by atoms with E-state index < -0.39 is 0 Å². The molecule has 3 unspecified atom stereocenters. The van der Waals surface area contributed by atoms with Crippen LogP contribution < -0.4 is 10.5 Å². The molecule has 5 nitrogen and oxygen atoms in total. The number of nitrogens with zero attached hydrogens (tertiary/aromatic N) is 1. The van der Waals surface area contributed by atoms with Crippen molar-refractivity contribution in [2.45, 2.75) is 57.2 Å². The third-order valence-electron chi connectivity index (χ3n) is 4.98. The Bertz CT molecular complexity index is 538. The molecule has 1 aromatic rings. The second-order valence-electron chi connectivity index (χ2n) is 6.89. The standard InChI is InChI=1S/C19H28N2O3/c1-14(20)18-6-2-3-11-21(18)19(22)15-7-9-16(10-8-15)24-13-17-5-4-12-23-17/h7-10,14,17-18H,2-6,11-13,20H2,1H3. The van der Waals surface area contributed by atoms with Gasteiger partial charge in [-0.3, -0.25) is 4.79 Å². The van der Waals surface area contributed by atoms with Crippen molar-refractivity contribution < 1.29 is 14.3 Å². The van der Waals surface area contributed by atoms with Crippen LogP contribution >= 0.6 is 0 Å². The largest absolute Gasteiger partial charge is 0.491 e. The molecule has 24 heavy (non-hydrogen) atoms. The van der Waals surface area contributed by atoms with Crippen molar-refractivity contribution in [1.82, 2.24) is 4.90 Å². The average molecular weight is 332 g/mol. The van der Waals surface area contributed by atoms with Gasteiger partial charge in [-0.2, -0.15) is 0 Å². The number of piperidine rings is 1. The van der Waals surface area contributed by atoms with E-state index in [0.717, 1.165) is 51.0 Å². The number of amides is 1. The minimum absolute atomic E-state index is 0.00303. The highest BCUT2D eigenvalue weighted by Gasteiger charge is 2.29. The summed E-state index contributed by atoms with van der Waals surface area (Å²) in [5, 5.41) is 0. The summed E-state index contributed by atoms with van der Waals surface area (Å²) in [4.78, 5) is 14.7. The Morgan fingerprint density at radius 1 is 1.29 bits per heavy atom. The Morgan fingerprint density at radius 3 is 2.75 bits per heavy atom. The van der Waals surface area contributed by atoms with E-state index in [4.69, 9.17) is 15.2 Å². The molecule has 1 amide bonds. The van der Waals surface area contributed by atoms with E-state index in [1.165, 1.54) is 0 Å². The third kappa shape index (κ3) is 4.08. The van der Waals surface area contributed by atoms with Crippen LogP contribution in [0, 0.1) is 0 Å². The molecule has 3 atom stereocenters. The van der Waals surface area contributed by atoms with Crippen LogP contribution in [0.15, 0.2) is 24.3 Å². The lowest BCUT2D eigenvalue weighted by molar-refractivity contribution is 0.0583. The molecule has 2 aliphatic heterocycles. The zero-order chi connectivity index (χ0) is 16.9. The molecule has 2 saturated heterocycles. The van der Waals surface area contributed by atoms with Gasteiger partial charge in [0.25, 0.3) is 5.91 Å². The van der Waals surface area contributed by atoms with E-state index in [0.29, 0.717) is 12.2 Å². The number of likely N-dealkylation sites (tertiary alicyclic amines) is 1. The van der Waals surface area contributed by atoms with Crippen LogP contribution in [0.2, 0.25) is 0 Å². The highest BCUT2D eigenvalue weighted by molar-refractivity contribution is 5.94. The first-order valence-electron chi connectivity index (χ1n) is 9.06. The molecule has 0 saturated carbocycles. The highest BCUT2D eigenvalue weighted by atomic mass is 16.5. The minimum Gasteiger partial charge on any atom is -0.491 e. The SMILES string of the molecule is CC(N)C1CCCCN1C(=O)c1ccc(OCC2CCCO2)cc1. The molecule has 2 N–H and O–H groups in total. The lowest BCUT2D eigenvalue weighted by atomic mass is 9.96. The quantitative estimate of drug-likeness (QED) is 0.900. The van der Waals surface area contributed by atoms with Gasteiger partial charge in [-0.15, -0.1) is 0 Å². The minimum atomic E-state index is 0.00303. The second kappa shape index (κ2) is 7.99. The number of hydrogen-bond acceptors (Lipinski definition) is 4. The summed E-state index contributed by atoms with van der Waals surface area (Å²) in [6.45, 7) is 4.19. The maximum absolute atomic E-state index is 12.8.